The van der Waals surface area contributed by atoms with E-state index in [-0.39, 0.29) is 139 Å². The number of hydrogen-bond acceptors (Lipinski definition) is 20. The van der Waals surface area contributed by atoms with Crippen molar-refractivity contribution in [2.24, 2.45) is 0 Å². The van der Waals surface area contributed by atoms with E-state index >= 15 is 0 Å². The molecule has 0 saturated heterocycles. The zero-order valence-electron chi connectivity index (χ0n) is 48.0. The van der Waals surface area contributed by atoms with E-state index in [1.165, 1.54) is 27.7 Å². The highest BCUT2D eigenvalue weighted by molar-refractivity contribution is 5.88. The molecule has 456 valence electrons. The third kappa shape index (κ3) is 25.8. The van der Waals surface area contributed by atoms with Gasteiger partial charge in [0.2, 0.25) is 0 Å². The zero-order valence-corrected chi connectivity index (χ0v) is 48.0. The first-order valence-electron chi connectivity index (χ1n) is 26.7. The summed E-state index contributed by atoms with van der Waals surface area (Å²) in [7, 11) is 0. The van der Waals surface area contributed by atoms with E-state index in [4.69, 9.17) is 56.8 Å². The molecular weight excluding hydrogens is 1110 g/mol. The molecule has 0 fully saturated rings. The largest absolute Gasteiger partial charge is 0.490 e. The molecule has 0 bridgehead atoms. The number of ether oxygens (including phenoxy) is 12. The Morgan fingerprint density at radius 1 is 0.353 bits per heavy atom. The fraction of sp³-hybridized carbons (Fsp3) is 0.344. The minimum Gasteiger partial charge on any atom is -0.490 e. The highest BCUT2D eigenvalue weighted by Crippen LogP contribution is 2.44. The lowest BCUT2D eigenvalue weighted by Gasteiger charge is -2.25. The van der Waals surface area contributed by atoms with Crippen LogP contribution in [-0.2, 0) is 57.1 Å². The molecule has 0 aliphatic rings. The molecule has 4 rings (SSSR count). The molecule has 4 aromatic rings. The molecule has 0 spiro atoms. The van der Waals surface area contributed by atoms with Crippen LogP contribution in [0.3, 0.4) is 0 Å². The van der Waals surface area contributed by atoms with Gasteiger partial charge in [0.15, 0.2) is 0 Å². The summed E-state index contributed by atoms with van der Waals surface area (Å²) in [6, 6.07) is 27.7. The van der Waals surface area contributed by atoms with E-state index in [9.17, 15) is 38.4 Å². The smallest absolute Gasteiger partial charge is 0.407 e. The monoisotopic (exact) mass is 1180 g/mol. The fourth-order valence-corrected chi connectivity index (χ4v) is 7.01. The van der Waals surface area contributed by atoms with Crippen molar-refractivity contribution in [2.45, 2.75) is 33.6 Å². The highest BCUT2D eigenvalue weighted by atomic mass is 16.6. The summed E-state index contributed by atoms with van der Waals surface area (Å²) in [5, 5.41) is 9.97. The molecule has 0 saturated carbocycles. The Morgan fingerprint density at radius 2 is 0.659 bits per heavy atom. The van der Waals surface area contributed by atoms with Crippen molar-refractivity contribution < 1.29 is 95.2 Å². The predicted octanol–water partition coefficient (Wildman–Crippen LogP) is 7.43. The van der Waals surface area contributed by atoms with E-state index in [1.54, 1.807) is 36.4 Å². The van der Waals surface area contributed by atoms with Crippen LogP contribution in [0.2, 0.25) is 0 Å². The summed E-state index contributed by atoms with van der Waals surface area (Å²) >= 11 is 0. The van der Waals surface area contributed by atoms with Gasteiger partial charge >= 0.3 is 48.3 Å². The SMILES string of the molecule is C=C(C)C(=O)OCCNC(=O)OCCOc1ccc(C(c2ccc(-c3ccccc3)cc2)c2ccc(OCCOC(=O)NCCOC(=O)C(=C)C)cc2OCCOC(=O)NCCOC(=O)C(=C)C)c(OCCOC(=O)NCCOC(=O)C(=C)C)c1. The van der Waals surface area contributed by atoms with Gasteiger partial charge in [-0.2, -0.15) is 0 Å². The summed E-state index contributed by atoms with van der Waals surface area (Å²) < 4.78 is 66.2. The van der Waals surface area contributed by atoms with Crippen molar-refractivity contribution in [1.29, 1.82) is 0 Å². The number of carbonyl (C=O) groups is 8. The van der Waals surface area contributed by atoms with E-state index in [1.807, 2.05) is 54.6 Å². The highest BCUT2D eigenvalue weighted by Gasteiger charge is 2.26. The molecule has 0 radical (unpaired) electrons. The maximum Gasteiger partial charge on any atom is 0.407 e. The first-order valence-corrected chi connectivity index (χ1v) is 26.7. The summed E-state index contributed by atoms with van der Waals surface area (Å²) in [5.41, 5.74) is 4.57. The van der Waals surface area contributed by atoms with Gasteiger partial charge in [-0.3, -0.25) is 0 Å². The molecule has 0 aromatic heterocycles. The fourth-order valence-electron chi connectivity index (χ4n) is 7.01. The molecule has 4 N–H and O–H groups in total. The molecule has 85 heavy (non-hydrogen) atoms. The Bertz CT molecular complexity index is 2790. The van der Waals surface area contributed by atoms with E-state index in [0.717, 1.165) is 16.7 Å². The van der Waals surface area contributed by atoms with Crippen molar-refractivity contribution in [3.05, 3.63) is 156 Å². The summed E-state index contributed by atoms with van der Waals surface area (Å²) in [4.78, 5) is 96.9. The lowest BCUT2D eigenvalue weighted by Crippen LogP contribution is -2.30. The normalized spacial score (nSPS) is 10.4. The minimum atomic E-state index is -0.802. The van der Waals surface area contributed by atoms with Crippen LogP contribution in [0.4, 0.5) is 19.2 Å². The average Bonchev–Trinajstić information content (AvgIpc) is 3.16. The van der Waals surface area contributed by atoms with Gasteiger partial charge in [-0.1, -0.05) is 93.0 Å². The van der Waals surface area contributed by atoms with Crippen LogP contribution in [0.15, 0.2) is 140 Å². The van der Waals surface area contributed by atoms with Crippen molar-refractivity contribution >= 4 is 48.3 Å². The Balaban J connectivity index is 1.67. The van der Waals surface area contributed by atoms with Crippen LogP contribution in [0.1, 0.15) is 50.3 Å². The van der Waals surface area contributed by atoms with Crippen LogP contribution in [0, 0.1) is 0 Å². The third-order valence-electron chi connectivity index (χ3n) is 11.1. The maximum absolute atomic E-state index is 12.6. The van der Waals surface area contributed by atoms with Gasteiger partial charge in [-0.05, 0) is 56.5 Å². The Labute approximate surface area is 492 Å². The van der Waals surface area contributed by atoms with Crippen molar-refractivity contribution in [3.8, 4) is 34.1 Å². The number of esters is 4. The van der Waals surface area contributed by atoms with Gasteiger partial charge in [0, 0.05) is 51.5 Å². The maximum atomic E-state index is 12.6. The zero-order chi connectivity index (χ0) is 61.9. The standard InChI is InChI=1S/C61H72N4O20/c1-40(2)54(66)78-26-22-62-58(70)82-34-30-74-47-18-20-49(51(38-47)76-32-36-84-60(72)64-24-28-80-56(68)42(5)6)53(46-16-14-45(15-17-46)44-12-10-9-11-13-44)50-21-19-48(75-31-35-83-59(71)63-23-27-79-55(67)41(3)4)39-52(50)77-33-37-85-61(73)65-25-29-81-57(69)43(7)8/h9-21,38-39,53H,1,3,5,7,22-37H2,2,4,6,8H3,(H,62,70)(H,63,71)(H,64,72)(H,65,73). The predicted molar refractivity (Wildman–Crippen MR) is 308 cm³/mol. The quantitative estimate of drug-likeness (QED) is 0.0113. The number of alkyl carbamates (subject to hydrolysis) is 4. The van der Waals surface area contributed by atoms with Gasteiger partial charge in [0.25, 0.3) is 0 Å². The molecule has 0 heterocycles. The van der Waals surface area contributed by atoms with Crippen LogP contribution in [0.5, 0.6) is 23.0 Å². The van der Waals surface area contributed by atoms with Gasteiger partial charge in [0.1, 0.15) is 102 Å². The van der Waals surface area contributed by atoms with Crippen LogP contribution < -0.4 is 40.2 Å². The first kappa shape index (κ1) is 67.5. The first-order chi connectivity index (χ1) is 40.8. The minimum absolute atomic E-state index is 0.00630. The molecule has 0 atom stereocenters. The van der Waals surface area contributed by atoms with E-state index < -0.39 is 54.2 Å². The summed E-state index contributed by atoms with van der Waals surface area (Å²) in [6.45, 7) is 18.2. The van der Waals surface area contributed by atoms with Gasteiger partial charge in [0.05, 0.1) is 26.2 Å². The number of hydrogen-bond donors (Lipinski definition) is 4. The molecule has 4 aromatic carbocycles. The molecule has 0 unspecified atom stereocenters. The van der Waals surface area contributed by atoms with E-state index in [0.29, 0.717) is 22.6 Å². The van der Waals surface area contributed by atoms with Crippen LogP contribution >= 0.6 is 0 Å². The topological polar surface area (TPSA) is 295 Å². The lowest BCUT2D eigenvalue weighted by molar-refractivity contribution is -0.139. The van der Waals surface area contributed by atoms with Crippen LogP contribution in [0.25, 0.3) is 11.1 Å². The van der Waals surface area contributed by atoms with Gasteiger partial charge in [-0.15, -0.1) is 0 Å². The van der Waals surface area contributed by atoms with E-state index in [2.05, 4.69) is 47.6 Å². The van der Waals surface area contributed by atoms with Crippen molar-refractivity contribution in [3.63, 3.8) is 0 Å². The average molecular weight is 1180 g/mol. The number of carbonyl (C=O) groups excluding carboxylic acids is 8. The molecule has 24 nitrogen and oxygen atoms in total. The van der Waals surface area contributed by atoms with Crippen LogP contribution in [-0.4, -0.2) is 154 Å². The molecule has 24 heteroatoms. The summed E-state index contributed by atoms with van der Waals surface area (Å²) in [5.74, 6) is -2.02. The number of amides is 4. The molecule has 0 aliphatic heterocycles. The van der Waals surface area contributed by atoms with Gasteiger partial charge in [-0.25, -0.2) is 38.4 Å². The number of benzene rings is 4. The second-order valence-electron chi connectivity index (χ2n) is 18.1. The summed E-state index contributed by atoms with van der Waals surface area (Å²) in [6.07, 6.45) is -3.15. The Morgan fingerprint density at radius 3 is 0.976 bits per heavy atom. The van der Waals surface area contributed by atoms with Crippen molar-refractivity contribution in [2.75, 3.05) is 105 Å². The number of rotatable bonds is 36. The number of nitrogens with one attached hydrogen (secondary N) is 4. The van der Waals surface area contributed by atoms with Crippen molar-refractivity contribution in [1.82, 2.24) is 21.3 Å². The molecule has 0 aliphatic carbocycles. The Kier molecular flexibility index (Phi) is 29.5. The second kappa shape index (κ2) is 37.2. The molecule has 4 amide bonds. The molecular formula is C61H72N4O20. The Hall–Kier alpha value is -10.0. The second-order valence-corrected chi connectivity index (χ2v) is 18.1. The lowest BCUT2D eigenvalue weighted by atomic mass is 9.83. The van der Waals surface area contributed by atoms with Gasteiger partial charge < -0.3 is 78.1 Å². The third-order valence-corrected chi connectivity index (χ3v) is 11.1.